The molecule has 2 N–H and O–H groups in total. The van der Waals surface area contributed by atoms with E-state index >= 15 is 0 Å². The Bertz CT molecular complexity index is 735. The summed E-state index contributed by atoms with van der Waals surface area (Å²) in [4.78, 5) is 4.68. The van der Waals surface area contributed by atoms with Crippen LogP contribution in [0.4, 0.5) is 0 Å². The highest BCUT2D eigenvalue weighted by Crippen LogP contribution is 2.27. The van der Waals surface area contributed by atoms with Crippen LogP contribution in [0.5, 0.6) is 11.5 Å². The molecule has 0 fully saturated rings. The van der Waals surface area contributed by atoms with Crippen LogP contribution in [0, 0.1) is 0 Å². The van der Waals surface area contributed by atoms with Gasteiger partial charge in [-0.2, -0.15) is 0 Å². The van der Waals surface area contributed by atoms with Crippen LogP contribution in [0.1, 0.15) is 30.5 Å². The molecule has 27 heavy (non-hydrogen) atoms. The summed E-state index contributed by atoms with van der Waals surface area (Å²) in [6.45, 7) is 6.36. The Morgan fingerprint density at radius 2 is 1.63 bits per heavy atom. The summed E-state index contributed by atoms with van der Waals surface area (Å²) in [6, 6.07) is 14.3. The zero-order chi connectivity index (χ0) is 18.8. The number of ether oxygens (including phenoxy) is 2. The molecule has 5 nitrogen and oxygen atoms in total. The summed E-state index contributed by atoms with van der Waals surface area (Å²) in [6.07, 6.45) is 1.02. The number of aryl methyl sites for hydroxylation is 1. The normalized spacial score (nSPS) is 10.7. The van der Waals surface area contributed by atoms with E-state index in [1.54, 1.807) is 14.2 Å². The fraction of sp³-hybridized carbons (Fsp3) is 0.381. The number of rotatable bonds is 8. The van der Waals surface area contributed by atoms with E-state index in [0.29, 0.717) is 6.54 Å². The van der Waals surface area contributed by atoms with Crippen LogP contribution < -0.4 is 20.1 Å². The molecule has 0 aromatic heterocycles. The zero-order valence-corrected chi connectivity index (χ0v) is 18.9. The SMILES string of the molecule is CCNC(=NCc1ccc(OC)c(OC)c1)NCc1ccccc1CC.I. The Kier molecular flexibility index (Phi) is 10.6. The zero-order valence-electron chi connectivity index (χ0n) is 16.5. The molecule has 0 unspecified atom stereocenters. The first kappa shape index (κ1) is 23.1. The van der Waals surface area contributed by atoms with E-state index in [9.17, 15) is 0 Å². The van der Waals surface area contributed by atoms with Gasteiger partial charge in [-0.05, 0) is 42.2 Å². The highest BCUT2D eigenvalue weighted by atomic mass is 127. The summed E-state index contributed by atoms with van der Waals surface area (Å²) < 4.78 is 10.6. The molecule has 0 radical (unpaired) electrons. The minimum Gasteiger partial charge on any atom is -0.493 e. The summed E-state index contributed by atoms with van der Waals surface area (Å²) in [5.74, 6) is 2.24. The molecule has 0 atom stereocenters. The van der Waals surface area contributed by atoms with Crippen LogP contribution in [0.2, 0.25) is 0 Å². The van der Waals surface area contributed by atoms with Gasteiger partial charge in [0, 0.05) is 13.1 Å². The van der Waals surface area contributed by atoms with Gasteiger partial charge in [0.15, 0.2) is 17.5 Å². The van der Waals surface area contributed by atoms with E-state index in [-0.39, 0.29) is 24.0 Å². The Hall–Kier alpha value is -1.96. The maximum atomic E-state index is 5.36. The monoisotopic (exact) mass is 483 g/mol. The Morgan fingerprint density at radius 3 is 2.26 bits per heavy atom. The molecule has 2 aromatic rings. The first-order chi connectivity index (χ1) is 12.7. The fourth-order valence-electron chi connectivity index (χ4n) is 2.74. The first-order valence-corrected chi connectivity index (χ1v) is 9.01. The molecule has 2 rings (SSSR count). The second-order valence-electron chi connectivity index (χ2n) is 5.86. The number of nitrogens with one attached hydrogen (secondary N) is 2. The average molecular weight is 483 g/mol. The number of guanidine groups is 1. The fourth-order valence-corrected chi connectivity index (χ4v) is 2.74. The van der Waals surface area contributed by atoms with Crippen molar-refractivity contribution in [3.05, 3.63) is 59.2 Å². The maximum Gasteiger partial charge on any atom is 0.191 e. The van der Waals surface area contributed by atoms with Crippen LogP contribution >= 0.6 is 24.0 Å². The van der Waals surface area contributed by atoms with Crippen LogP contribution in [0.15, 0.2) is 47.5 Å². The number of hydrogen-bond acceptors (Lipinski definition) is 3. The molecule has 0 heterocycles. The topological polar surface area (TPSA) is 54.9 Å². The molecule has 0 saturated carbocycles. The highest BCUT2D eigenvalue weighted by molar-refractivity contribution is 14.0. The molecule has 148 valence electrons. The number of hydrogen-bond donors (Lipinski definition) is 2. The predicted octanol–water partition coefficient (Wildman–Crippen LogP) is 4.14. The molecule has 0 amide bonds. The van der Waals surface area contributed by atoms with Gasteiger partial charge in [0.1, 0.15) is 0 Å². The molecule has 0 aliphatic rings. The van der Waals surface area contributed by atoms with E-state index in [2.05, 4.69) is 53.7 Å². The van der Waals surface area contributed by atoms with Crippen molar-refractivity contribution in [3.8, 4) is 11.5 Å². The van der Waals surface area contributed by atoms with E-state index in [0.717, 1.165) is 42.5 Å². The lowest BCUT2D eigenvalue weighted by molar-refractivity contribution is 0.354. The summed E-state index contributed by atoms with van der Waals surface area (Å²) >= 11 is 0. The quantitative estimate of drug-likeness (QED) is 0.337. The lowest BCUT2D eigenvalue weighted by Gasteiger charge is -2.14. The van der Waals surface area contributed by atoms with Gasteiger partial charge in [0.25, 0.3) is 0 Å². The molecular weight excluding hydrogens is 453 g/mol. The molecule has 0 bridgehead atoms. The second-order valence-corrected chi connectivity index (χ2v) is 5.86. The van der Waals surface area contributed by atoms with Gasteiger partial charge >= 0.3 is 0 Å². The third kappa shape index (κ3) is 6.93. The molecule has 6 heteroatoms. The van der Waals surface area contributed by atoms with Crippen molar-refractivity contribution in [1.82, 2.24) is 10.6 Å². The van der Waals surface area contributed by atoms with Gasteiger partial charge in [-0.1, -0.05) is 37.3 Å². The number of nitrogens with zero attached hydrogens (tertiary/aromatic N) is 1. The Morgan fingerprint density at radius 1 is 0.926 bits per heavy atom. The molecular formula is C21H30IN3O2. The largest absolute Gasteiger partial charge is 0.493 e. The molecule has 0 aliphatic carbocycles. The van der Waals surface area contributed by atoms with Crippen LogP contribution in [-0.4, -0.2) is 26.7 Å². The standard InChI is InChI=1S/C21H29N3O2.HI/c1-5-17-9-7-8-10-18(17)15-24-21(22-6-2)23-14-16-11-12-19(25-3)20(13-16)26-4;/h7-13H,5-6,14-15H2,1-4H3,(H2,22,23,24);1H. The van der Waals surface area contributed by atoms with E-state index in [1.807, 2.05) is 18.2 Å². The molecule has 0 aliphatic heterocycles. The van der Waals surface area contributed by atoms with Crippen LogP contribution in [0.25, 0.3) is 0 Å². The lowest BCUT2D eigenvalue weighted by Crippen LogP contribution is -2.37. The molecule has 2 aromatic carbocycles. The Labute approximate surface area is 179 Å². The number of aliphatic imine (C=N–C) groups is 1. The van der Waals surface area contributed by atoms with Crippen molar-refractivity contribution < 1.29 is 9.47 Å². The Balaban J connectivity index is 0.00000364. The number of methoxy groups -OCH3 is 2. The smallest absolute Gasteiger partial charge is 0.191 e. The van der Waals surface area contributed by atoms with Crippen molar-refractivity contribution in [1.29, 1.82) is 0 Å². The molecule has 0 saturated heterocycles. The van der Waals surface area contributed by atoms with E-state index < -0.39 is 0 Å². The third-order valence-corrected chi connectivity index (χ3v) is 4.16. The minimum absolute atomic E-state index is 0. The summed E-state index contributed by atoms with van der Waals surface area (Å²) in [5, 5.41) is 6.71. The third-order valence-electron chi connectivity index (χ3n) is 4.16. The first-order valence-electron chi connectivity index (χ1n) is 9.01. The lowest BCUT2D eigenvalue weighted by atomic mass is 10.1. The minimum atomic E-state index is 0. The highest BCUT2D eigenvalue weighted by Gasteiger charge is 2.05. The van der Waals surface area contributed by atoms with Crippen molar-refractivity contribution in [2.75, 3.05) is 20.8 Å². The van der Waals surface area contributed by atoms with Crippen molar-refractivity contribution in [3.63, 3.8) is 0 Å². The molecule has 0 spiro atoms. The van der Waals surface area contributed by atoms with Crippen LogP contribution in [-0.2, 0) is 19.5 Å². The second kappa shape index (κ2) is 12.4. The van der Waals surface area contributed by atoms with Crippen molar-refractivity contribution >= 4 is 29.9 Å². The maximum absolute atomic E-state index is 5.36. The van der Waals surface area contributed by atoms with Crippen molar-refractivity contribution in [2.24, 2.45) is 4.99 Å². The number of halogens is 1. The summed E-state index contributed by atoms with van der Waals surface area (Å²) in [5.41, 5.74) is 3.72. The van der Waals surface area contributed by atoms with Gasteiger partial charge in [-0.3, -0.25) is 0 Å². The van der Waals surface area contributed by atoms with Crippen molar-refractivity contribution in [2.45, 2.75) is 33.4 Å². The van der Waals surface area contributed by atoms with Gasteiger partial charge in [0.05, 0.1) is 20.8 Å². The van der Waals surface area contributed by atoms with Gasteiger partial charge in [-0.15, -0.1) is 24.0 Å². The average Bonchev–Trinajstić information content (AvgIpc) is 2.69. The van der Waals surface area contributed by atoms with Gasteiger partial charge in [-0.25, -0.2) is 4.99 Å². The van der Waals surface area contributed by atoms with Gasteiger partial charge in [0.2, 0.25) is 0 Å². The predicted molar refractivity (Wildman–Crippen MR) is 122 cm³/mol. The van der Waals surface area contributed by atoms with E-state index in [1.165, 1.54) is 11.1 Å². The van der Waals surface area contributed by atoms with E-state index in [4.69, 9.17) is 9.47 Å². The van der Waals surface area contributed by atoms with Crippen LogP contribution in [0.3, 0.4) is 0 Å². The van der Waals surface area contributed by atoms with Gasteiger partial charge < -0.3 is 20.1 Å². The summed E-state index contributed by atoms with van der Waals surface area (Å²) in [7, 11) is 3.28. The number of benzene rings is 2.